The Hall–Kier alpha value is -1.10. The summed E-state index contributed by atoms with van der Waals surface area (Å²) in [5.41, 5.74) is 3.52. The normalized spacial score (nSPS) is 10.8. The lowest BCUT2D eigenvalue weighted by atomic mass is 10.1. The fraction of sp³-hybridized carbons (Fsp3) is 0.100. The lowest BCUT2D eigenvalue weighted by molar-refractivity contribution is 0.480. The number of nitrogens with one attached hydrogen (secondary N) is 1. The van der Waals surface area contributed by atoms with Crippen molar-refractivity contribution in [1.82, 2.24) is 9.97 Å². The first-order valence-corrected chi connectivity index (χ1v) is 11.0. The first-order chi connectivity index (χ1) is 13.2. The number of aromatic hydroxyl groups is 1. The summed E-state index contributed by atoms with van der Waals surface area (Å²) < 4.78 is 2.23. The van der Waals surface area contributed by atoms with Crippen LogP contribution in [0.25, 0.3) is 21.8 Å². The van der Waals surface area contributed by atoms with Gasteiger partial charge in [-0.1, -0.05) is 23.2 Å². The largest absolute Gasteiger partial charge is 0.507 e. The molecule has 4 nitrogen and oxygen atoms in total. The molecule has 0 saturated carbocycles. The van der Waals surface area contributed by atoms with Crippen molar-refractivity contribution in [1.29, 1.82) is 0 Å². The predicted molar refractivity (Wildman–Crippen MR) is 133 cm³/mol. The van der Waals surface area contributed by atoms with E-state index < -0.39 is 0 Å². The monoisotopic (exact) mass is 638 g/mol. The zero-order chi connectivity index (χ0) is 20.6. The van der Waals surface area contributed by atoms with E-state index in [4.69, 9.17) is 23.2 Å². The third kappa shape index (κ3) is 4.72. The number of hydrogen-bond donors (Lipinski definition) is 2. The average molecular weight is 639 g/mol. The molecule has 0 saturated heterocycles. The summed E-state index contributed by atoms with van der Waals surface area (Å²) in [6.45, 7) is 4.01. The van der Waals surface area contributed by atoms with E-state index in [1.54, 1.807) is 6.07 Å². The molecule has 0 amide bonds. The molecule has 0 unspecified atom stereocenters. The van der Waals surface area contributed by atoms with E-state index in [1.807, 2.05) is 38.1 Å². The molecule has 28 heavy (non-hydrogen) atoms. The number of aromatic amines is 1. The number of hydrogen-bond acceptors (Lipinski definition) is 3. The van der Waals surface area contributed by atoms with Crippen LogP contribution in [0.15, 0.2) is 41.2 Å². The Balaban J connectivity index is 0.000000161. The van der Waals surface area contributed by atoms with E-state index in [9.17, 15) is 9.90 Å². The number of halogens is 4. The summed E-state index contributed by atoms with van der Waals surface area (Å²) >= 11 is 16.3. The molecule has 0 atom stereocenters. The van der Waals surface area contributed by atoms with Crippen LogP contribution >= 0.6 is 68.4 Å². The van der Waals surface area contributed by atoms with Crippen molar-refractivity contribution >= 4 is 90.2 Å². The van der Waals surface area contributed by atoms with Crippen molar-refractivity contribution in [2.24, 2.45) is 0 Å². The Morgan fingerprint density at radius 2 is 1.54 bits per heavy atom. The average Bonchev–Trinajstić information content (AvgIpc) is 2.59. The van der Waals surface area contributed by atoms with Crippen molar-refractivity contribution < 1.29 is 5.11 Å². The van der Waals surface area contributed by atoms with Gasteiger partial charge in [0.2, 0.25) is 0 Å². The van der Waals surface area contributed by atoms with Gasteiger partial charge in [0.15, 0.2) is 0 Å². The summed E-state index contributed by atoms with van der Waals surface area (Å²) in [5, 5.41) is 12.3. The molecule has 0 bridgehead atoms. The lowest BCUT2D eigenvalue weighted by Gasteiger charge is -2.04. The first-order valence-electron chi connectivity index (χ1n) is 8.09. The maximum Gasteiger partial charge on any atom is 0.252 e. The minimum Gasteiger partial charge on any atom is -0.507 e. The van der Waals surface area contributed by atoms with Gasteiger partial charge in [-0.25, -0.2) is 4.98 Å². The zero-order valence-corrected chi connectivity index (χ0v) is 20.6. The maximum absolute atomic E-state index is 11.1. The van der Waals surface area contributed by atoms with Crippen LogP contribution in [-0.4, -0.2) is 15.1 Å². The van der Waals surface area contributed by atoms with Crippen molar-refractivity contribution in [2.45, 2.75) is 13.8 Å². The van der Waals surface area contributed by atoms with E-state index in [0.717, 1.165) is 20.0 Å². The van der Waals surface area contributed by atoms with Crippen LogP contribution in [0.5, 0.6) is 5.75 Å². The summed E-state index contributed by atoms with van der Waals surface area (Å²) in [5.74, 6) is 0.0308. The van der Waals surface area contributed by atoms with E-state index >= 15 is 0 Å². The summed E-state index contributed by atoms with van der Waals surface area (Å²) in [6.07, 6.45) is 0. The maximum atomic E-state index is 11.1. The van der Waals surface area contributed by atoms with Gasteiger partial charge in [-0.3, -0.25) is 4.79 Å². The molecule has 0 aliphatic rings. The SMILES string of the molecule is Cc1cc2c(Cl)cc(Cl)nc2cc1I.Cc1cc2c(O)cc(=O)[nH]c2cc1I. The molecule has 0 aliphatic heterocycles. The molecule has 2 aromatic heterocycles. The molecule has 8 heteroatoms. The van der Waals surface area contributed by atoms with Crippen LogP contribution in [0.2, 0.25) is 10.2 Å². The molecule has 0 fully saturated rings. The molecule has 2 heterocycles. The Bertz CT molecular complexity index is 1270. The number of nitrogens with zero attached hydrogens (tertiary/aromatic N) is 1. The zero-order valence-electron chi connectivity index (χ0n) is 14.8. The standard InChI is InChI=1S/C10H6Cl2IN.C10H8INO2/c1-5-2-6-7(11)3-10(12)14-9(6)4-8(5)13;1-5-2-6-8(3-7(5)11)12-10(14)4-9(6)13/h2-4H,1H3;2-4H,1H3,(H2,12,13,14). The third-order valence-corrected chi connectivity index (χ3v) is 6.94. The number of H-pyrrole nitrogens is 1. The quantitative estimate of drug-likeness (QED) is 0.169. The molecule has 0 radical (unpaired) electrons. The first kappa shape index (κ1) is 21.6. The smallest absolute Gasteiger partial charge is 0.252 e. The summed E-state index contributed by atoms with van der Waals surface area (Å²) in [7, 11) is 0. The van der Waals surface area contributed by atoms with Crippen LogP contribution in [0.1, 0.15) is 11.1 Å². The molecule has 2 aromatic carbocycles. The van der Waals surface area contributed by atoms with Crippen LogP contribution in [-0.2, 0) is 0 Å². The third-order valence-electron chi connectivity index (χ3n) is 4.11. The highest BCUT2D eigenvalue weighted by atomic mass is 127. The second-order valence-electron chi connectivity index (χ2n) is 6.21. The van der Waals surface area contributed by atoms with Crippen LogP contribution in [0.4, 0.5) is 0 Å². The van der Waals surface area contributed by atoms with E-state index in [1.165, 1.54) is 15.2 Å². The summed E-state index contributed by atoms with van der Waals surface area (Å²) in [6, 6.07) is 10.6. The Kier molecular flexibility index (Phi) is 6.73. The number of pyridine rings is 2. The molecule has 0 aliphatic carbocycles. The van der Waals surface area contributed by atoms with Gasteiger partial charge in [-0.05, 0) is 100 Å². The second kappa shape index (κ2) is 8.73. The Morgan fingerprint density at radius 3 is 2.21 bits per heavy atom. The van der Waals surface area contributed by atoms with Crippen molar-refractivity contribution in [3.05, 3.63) is 75.2 Å². The predicted octanol–water partition coefficient (Wildman–Crippen LogP) is 6.60. The van der Waals surface area contributed by atoms with Crippen molar-refractivity contribution in [3.8, 4) is 5.75 Å². The number of fused-ring (bicyclic) bond motifs is 2. The highest BCUT2D eigenvalue weighted by Crippen LogP contribution is 2.28. The molecular weight excluding hydrogens is 625 g/mol. The van der Waals surface area contributed by atoms with E-state index in [2.05, 4.69) is 55.1 Å². The van der Waals surface area contributed by atoms with Crippen molar-refractivity contribution in [2.75, 3.05) is 0 Å². The minimum atomic E-state index is -0.283. The molecule has 2 N–H and O–H groups in total. The van der Waals surface area contributed by atoms with Gasteiger partial charge in [0, 0.05) is 24.0 Å². The minimum absolute atomic E-state index is 0.0308. The van der Waals surface area contributed by atoms with E-state index in [-0.39, 0.29) is 11.3 Å². The van der Waals surface area contributed by atoms with Gasteiger partial charge in [0.25, 0.3) is 5.56 Å². The van der Waals surface area contributed by atoms with Crippen molar-refractivity contribution in [3.63, 3.8) is 0 Å². The second-order valence-corrected chi connectivity index (χ2v) is 9.33. The van der Waals surface area contributed by atoms with Crippen LogP contribution in [0.3, 0.4) is 0 Å². The molecular formula is C20H14Cl2I2N2O2. The molecule has 4 rings (SSSR count). The number of rotatable bonds is 0. The Labute approximate surface area is 198 Å². The highest BCUT2D eigenvalue weighted by molar-refractivity contribution is 14.1. The fourth-order valence-corrected chi connectivity index (χ4v) is 4.08. The highest BCUT2D eigenvalue weighted by Gasteiger charge is 2.06. The number of aryl methyl sites for hydroxylation is 2. The number of benzene rings is 2. The lowest BCUT2D eigenvalue weighted by Crippen LogP contribution is -2.03. The Morgan fingerprint density at radius 1 is 0.929 bits per heavy atom. The van der Waals surface area contributed by atoms with Gasteiger partial charge in [0.1, 0.15) is 10.9 Å². The molecule has 144 valence electrons. The van der Waals surface area contributed by atoms with Gasteiger partial charge in [-0.15, -0.1) is 0 Å². The van der Waals surface area contributed by atoms with Crippen LogP contribution in [0, 0.1) is 21.0 Å². The van der Waals surface area contributed by atoms with E-state index in [0.29, 0.717) is 21.1 Å². The van der Waals surface area contributed by atoms with Crippen LogP contribution < -0.4 is 5.56 Å². The van der Waals surface area contributed by atoms with Gasteiger partial charge >= 0.3 is 0 Å². The topological polar surface area (TPSA) is 66.0 Å². The molecule has 4 aromatic rings. The fourth-order valence-electron chi connectivity index (χ4n) is 2.65. The molecule has 0 spiro atoms. The van der Waals surface area contributed by atoms with Gasteiger partial charge < -0.3 is 10.1 Å². The summed E-state index contributed by atoms with van der Waals surface area (Å²) in [4.78, 5) is 18.0. The van der Waals surface area contributed by atoms with Gasteiger partial charge in [0.05, 0.1) is 16.1 Å². The van der Waals surface area contributed by atoms with Gasteiger partial charge in [-0.2, -0.15) is 0 Å². The number of aromatic nitrogens is 2.